The molecular formula is C39H57NO4. The number of fused-ring (bicyclic) bond motifs is 7. The predicted molar refractivity (Wildman–Crippen MR) is 176 cm³/mol. The number of anilines is 1. The summed E-state index contributed by atoms with van der Waals surface area (Å²) in [5.41, 5.74) is 2.88. The molecule has 5 aliphatic carbocycles. The summed E-state index contributed by atoms with van der Waals surface area (Å²) >= 11 is 0. The number of amides is 1. The first-order valence-electron chi connectivity index (χ1n) is 17.5. The van der Waals surface area contributed by atoms with Gasteiger partial charge in [0.1, 0.15) is 0 Å². The standard InChI is InChI=1S/C39H57NO4/c1-24(2)26-15-20-39(23-44-34(43)27-11-9-10-12-29(27)40-25(3)41)22-21-37(7)28(33(26)39)13-14-31-36(6)18-17-32(42)35(4,5)30(36)16-19-38(31,37)8/h9-12,26,28,30-33,42H,1,13-23H2,2-8H3,(H,40,41)/t26-,28?,30?,31?,32?,33?,36-,37+,38+,39+/m0/s1. The molecule has 10 atom stereocenters. The van der Waals surface area contributed by atoms with Crippen molar-refractivity contribution in [1.29, 1.82) is 0 Å². The highest BCUT2D eigenvalue weighted by Gasteiger charge is 2.71. The van der Waals surface area contributed by atoms with E-state index in [9.17, 15) is 14.7 Å². The van der Waals surface area contributed by atoms with E-state index < -0.39 is 0 Å². The highest BCUT2D eigenvalue weighted by Crippen LogP contribution is 2.77. The minimum atomic E-state index is -0.349. The third-order valence-electron chi connectivity index (χ3n) is 15.2. The average molecular weight is 604 g/mol. The van der Waals surface area contributed by atoms with E-state index in [1.165, 1.54) is 44.6 Å². The summed E-state index contributed by atoms with van der Waals surface area (Å²) in [6.07, 6.45) is 11.3. The molecule has 0 aromatic heterocycles. The van der Waals surface area contributed by atoms with Crippen LogP contribution in [0.25, 0.3) is 0 Å². The predicted octanol–water partition coefficient (Wildman–Crippen LogP) is 8.82. The Morgan fingerprint density at radius 2 is 1.61 bits per heavy atom. The van der Waals surface area contributed by atoms with Gasteiger partial charge in [-0.15, -0.1) is 0 Å². The largest absolute Gasteiger partial charge is 0.461 e. The maximum Gasteiger partial charge on any atom is 0.340 e. The Bertz CT molecular complexity index is 1330. The summed E-state index contributed by atoms with van der Waals surface area (Å²) in [5, 5.41) is 13.9. The third-order valence-corrected chi connectivity index (χ3v) is 15.2. The van der Waals surface area contributed by atoms with Gasteiger partial charge >= 0.3 is 5.97 Å². The zero-order valence-electron chi connectivity index (χ0n) is 28.4. The molecule has 44 heavy (non-hydrogen) atoms. The number of aliphatic hydroxyl groups excluding tert-OH is 1. The monoisotopic (exact) mass is 603 g/mol. The van der Waals surface area contributed by atoms with Gasteiger partial charge in [0.2, 0.25) is 5.91 Å². The van der Waals surface area contributed by atoms with Gasteiger partial charge in [-0.1, -0.05) is 58.9 Å². The summed E-state index contributed by atoms with van der Waals surface area (Å²) in [7, 11) is 0. The van der Waals surface area contributed by atoms with Gasteiger partial charge in [0.05, 0.1) is 24.0 Å². The van der Waals surface area contributed by atoms with Crippen molar-refractivity contribution in [2.24, 2.45) is 56.7 Å². The Balaban J connectivity index is 1.30. The number of para-hydroxylation sites is 1. The van der Waals surface area contributed by atoms with Gasteiger partial charge in [-0.3, -0.25) is 4.79 Å². The fourth-order valence-corrected chi connectivity index (χ4v) is 12.8. The van der Waals surface area contributed by atoms with Crippen LogP contribution in [-0.4, -0.2) is 29.7 Å². The van der Waals surface area contributed by atoms with Gasteiger partial charge in [-0.2, -0.15) is 0 Å². The Morgan fingerprint density at radius 1 is 0.886 bits per heavy atom. The molecule has 1 aromatic carbocycles. The van der Waals surface area contributed by atoms with Crippen LogP contribution < -0.4 is 5.32 Å². The quantitative estimate of drug-likeness (QED) is 0.260. The smallest absolute Gasteiger partial charge is 0.340 e. The van der Waals surface area contributed by atoms with Crippen LogP contribution in [0.5, 0.6) is 0 Å². The maximum absolute atomic E-state index is 13.5. The zero-order chi connectivity index (χ0) is 31.9. The van der Waals surface area contributed by atoms with Gasteiger partial charge in [0.25, 0.3) is 0 Å². The first kappa shape index (κ1) is 31.8. The van der Waals surface area contributed by atoms with Gasteiger partial charge in [0.15, 0.2) is 0 Å². The molecule has 0 saturated heterocycles. The van der Waals surface area contributed by atoms with Crippen LogP contribution in [0.2, 0.25) is 0 Å². The average Bonchev–Trinajstić information content (AvgIpc) is 3.35. The molecule has 0 heterocycles. The van der Waals surface area contributed by atoms with Crippen LogP contribution in [-0.2, 0) is 9.53 Å². The number of benzene rings is 1. The van der Waals surface area contributed by atoms with Gasteiger partial charge in [-0.25, -0.2) is 4.79 Å². The molecule has 5 nitrogen and oxygen atoms in total. The summed E-state index contributed by atoms with van der Waals surface area (Å²) < 4.78 is 6.24. The van der Waals surface area contributed by atoms with E-state index in [-0.39, 0.29) is 45.1 Å². The molecule has 1 amide bonds. The van der Waals surface area contributed by atoms with Crippen LogP contribution in [0.1, 0.15) is 123 Å². The van der Waals surface area contributed by atoms with Crippen LogP contribution in [0.3, 0.4) is 0 Å². The van der Waals surface area contributed by atoms with E-state index >= 15 is 0 Å². The van der Waals surface area contributed by atoms with Crippen molar-refractivity contribution in [1.82, 2.24) is 0 Å². The molecular weight excluding hydrogens is 546 g/mol. The van der Waals surface area contributed by atoms with Gasteiger partial charge in [0, 0.05) is 12.3 Å². The van der Waals surface area contributed by atoms with Gasteiger partial charge < -0.3 is 15.2 Å². The summed E-state index contributed by atoms with van der Waals surface area (Å²) in [4.78, 5) is 25.3. The Morgan fingerprint density at radius 3 is 2.32 bits per heavy atom. The van der Waals surface area contributed by atoms with E-state index in [0.29, 0.717) is 47.4 Å². The number of carbonyl (C=O) groups is 2. The SMILES string of the molecule is C=C(C)[C@@H]1CC[C@]2(COC(=O)c3ccccc3NC(C)=O)CC[C@]3(C)C(CCC4[C@@]5(C)CCC(O)C(C)(C)C5CC[C@]43C)C12. The van der Waals surface area contributed by atoms with E-state index in [4.69, 9.17) is 4.74 Å². The number of nitrogens with one attached hydrogen (secondary N) is 1. The van der Waals surface area contributed by atoms with Gasteiger partial charge in [-0.05, 0) is 135 Å². The van der Waals surface area contributed by atoms with Crippen LogP contribution in [0.15, 0.2) is 36.4 Å². The number of hydrogen-bond donors (Lipinski definition) is 2. The lowest BCUT2D eigenvalue weighted by Crippen LogP contribution is -2.66. The summed E-state index contributed by atoms with van der Waals surface area (Å²) in [6, 6.07) is 7.16. The minimum Gasteiger partial charge on any atom is -0.461 e. The van der Waals surface area contributed by atoms with E-state index in [0.717, 1.165) is 32.1 Å². The lowest BCUT2D eigenvalue weighted by atomic mass is 9.32. The van der Waals surface area contributed by atoms with Crippen molar-refractivity contribution in [2.75, 3.05) is 11.9 Å². The molecule has 6 rings (SSSR count). The summed E-state index contributed by atoms with van der Waals surface area (Å²) in [5.74, 6) is 2.19. The third kappa shape index (κ3) is 4.48. The van der Waals surface area contributed by atoms with E-state index in [2.05, 4.69) is 53.4 Å². The topological polar surface area (TPSA) is 75.6 Å². The second-order valence-electron chi connectivity index (χ2n) is 17.2. The fraction of sp³-hybridized carbons (Fsp3) is 0.744. The van der Waals surface area contributed by atoms with Crippen LogP contribution >= 0.6 is 0 Å². The zero-order valence-corrected chi connectivity index (χ0v) is 28.4. The number of aliphatic hydroxyl groups is 1. The molecule has 0 aliphatic heterocycles. The number of allylic oxidation sites excluding steroid dienone is 1. The Labute approximate surface area is 266 Å². The van der Waals surface area contributed by atoms with Crippen molar-refractivity contribution in [3.05, 3.63) is 42.0 Å². The van der Waals surface area contributed by atoms with Crippen molar-refractivity contribution in [3.63, 3.8) is 0 Å². The number of ether oxygens (including phenoxy) is 1. The number of hydrogen-bond acceptors (Lipinski definition) is 4. The Hall–Kier alpha value is -2.14. The summed E-state index contributed by atoms with van der Waals surface area (Å²) in [6.45, 7) is 21.2. The van der Waals surface area contributed by atoms with Crippen LogP contribution in [0.4, 0.5) is 5.69 Å². The minimum absolute atomic E-state index is 0.0341. The van der Waals surface area contributed by atoms with Crippen molar-refractivity contribution >= 4 is 17.6 Å². The van der Waals surface area contributed by atoms with Crippen LogP contribution in [0, 0.1) is 56.7 Å². The molecule has 5 saturated carbocycles. The lowest BCUT2D eigenvalue weighted by molar-refractivity contribution is -0.249. The highest BCUT2D eigenvalue weighted by molar-refractivity contribution is 6.00. The second-order valence-corrected chi connectivity index (χ2v) is 17.2. The molecule has 0 radical (unpaired) electrons. The van der Waals surface area contributed by atoms with E-state index in [1.54, 1.807) is 12.1 Å². The molecule has 5 aliphatic rings. The first-order valence-corrected chi connectivity index (χ1v) is 17.5. The van der Waals surface area contributed by atoms with Crippen molar-refractivity contribution < 1.29 is 19.4 Å². The Kier molecular flexibility index (Phi) is 7.75. The molecule has 0 bridgehead atoms. The first-order chi connectivity index (χ1) is 20.6. The fourth-order valence-electron chi connectivity index (χ4n) is 12.8. The van der Waals surface area contributed by atoms with Crippen molar-refractivity contribution in [3.8, 4) is 0 Å². The molecule has 0 spiro atoms. The van der Waals surface area contributed by atoms with Crippen molar-refractivity contribution in [2.45, 2.75) is 119 Å². The van der Waals surface area contributed by atoms with E-state index in [1.807, 2.05) is 12.1 Å². The number of rotatable bonds is 5. The second kappa shape index (κ2) is 10.7. The maximum atomic E-state index is 13.5. The molecule has 5 fully saturated rings. The number of esters is 1. The lowest BCUT2D eigenvalue weighted by Gasteiger charge is -2.73. The molecule has 5 unspecified atom stereocenters. The molecule has 242 valence electrons. The molecule has 2 N–H and O–H groups in total. The highest BCUT2D eigenvalue weighted by atomic mass is 16.5. The molecule has 1 aromatic rings. The normalized spacial score (nSPS) is 43.9. The molecule has 5 heteroatoms. The number of carbonyl (C=O) groups excluding carboxylic acids is 2.